The van der Waals surface area contributed by atoms with Crippen LogP contribution in [-0.2, 0) is 19.6 Å². The number of benzene rings is 1. The summed E-state index contributed by atoms with van der Waals surface area (Å²) in [5.41, 5.74) is 0.0813. The number of halogens is 2. The number of hydrogen-bond acceptors (Lipinski definition) is 5. The topological polar surface area (TPSA) is 63.7 Å². The Hall–Kier alpha value is -1.64. The molecule has 0 aliphatic rings. The Bertz CT molecular complexity index is 793. The van der Waals surface area contributed by atoms with Crippen molar-refractivity contribution in [1.29, 1.82) is 0 Å². The van der Waals surface area contributed by atoms with Gasteiger partial charge >= 0.3 is 5.97 Å². The second-order valence-electron chi connectivity index (χ2n) is 4.35. The number of thiophene rings is 1. The third kappa shape index (κ3) is 4.01. The largest absolute Gasteiger partial charge is 0.465 e. The molecule has 0 aliphatic heterocycles. The molecule has 0 radical (unpaired) electrons. The van der Waals surface area contributed by atoms with Crippen molar-refractivity contribution in [2.24, 2.45) is 0 Å². The maximum atomic E-state index is 13.3. The molecule has 9 heteroatoms. The first-order valence-electron chi connectivity index (χ1n) is 6.53. The van der Waals surface area contributed by atoms with Gasteiger partial charge in [-0.2, -0.15) is 0 Å². The fourth-order valence-corrected chi connectivity index (χ4v) is 4.48. The van der Waals surface area contributed by atoms with Crippen LogP contribution in [0.5, 0.6) is 0 Å². The number of ether oxygens (including phenoxy) is 1. The molecule has 1 heterocycles. The van der Waals surface area contributed by atoms with Crippen molar-refractivity contribution in [2.45, 2.75) is 11.1 Å². The van der Waals surface area contributed by atoms with Gasteiger partial charge in [-0.15, -0.1) is 11.3 Å². The monoisotopic (exact) mass is 377 g/mol. The summed E-state index contributed by atoms with van der Waals surface area (Å²) in [5.74, 6) is -1.40. The maximum Gasteiger partial charge on any atom is 0.326 e. The molecule has 0 atom stereocenters. The summed E-state index contributed by atoms with van der Waals surface area (Å²) >= 11 is 6.73. The maximum absolute atomic E-state index is 13.3. The summed E-state index contributed by atoms with van der Waals surface area (Å²) in [5, 5.41) is 1.37. The number of hydrogen-bond donors (Lipinski definition) is 0. The van der Waals surface area contributed by atoms with Crippen LogP contribution in [0.3, 0.4) is 0 Å². The predicted molar refractivity (Wildman–Crippen MR) is 86.9 cm³/mol. The summed E-state index contributed by atoms with van der Waals surface area (Å²) in [6.45, 7) is 1.21. The van der Waals surface area contributed by atoms with E-state index in [-0.39, 0.29) is 21.5 Å². The molecule has 0 saturated heterocycles. The van der Waals surface area contributed by atoms with Gasteiger partial charge in [-0.05, 0) is 36.6 Å². The Balaban J connectivity index is 2.47. The minimum atomic E-state index is -3.98. The first-order chi connectivity index (χ1) is 10.9. The molecule has 0 amide bonds. The Morgan fingerprint density at radius 3 is 2.70 bits per heavy atom. The Labute approximate surface area is 142 Å². The number of sulfonamides is 1. The van der Waals surface area contributed by atoms with E-state index in [1.54, 1.807) is 18.4 Å². The summed E-state index contributed by atoms with van der Waals surface area (Å²) < 4.78 is 44.5. The molecule has 5 nitrogen and oxygen atoms in total. The van der Waals surface area contributed by atoms with Crippen molar-refractivity contribution in [1.82, 2.24) is 0 Å². The zero-order valence-corrected chi connectivity index (χ0v) is 14.4. The number of carbonyl (C=O) groups excluding carboxylic acids is 1. The number of rotatable bonds is 6. The lowest BCUT2D eigenvalue weighted by Crippen LogP contribution is -2.36. The van der Waals surface area contributed by atoms with E-state index in [0.29, 0.717) is 0 Å². The van der Waals surface area contributed by atoms with Crippen LogP contribution in [-0.4, -0.2) is 27.5 Å². The molecule has 0 bridgehead atoms. The molecule has 1 aromatic heterocycles. The van der Waals surface area contributed by atoms with Gasteiger partial charge in [0, 0.05) is 0 Å². The minimum Gasteiger partial charge on any atom is -0.465 e. The van der Waals surface area contributed by atoms with E-state index >= 15 is 0 Å². The Morgan fingerprint density at radius 1 is 1.39 bits per heavy atom. The lowest BCUT2D eigenvalue weighted by molar-refractivity contribution is -0.141. The fourth-order valence-electron chi connectivity index (χ4n) is 1.80. The molecule has 23 heavy (non-hydrogen) atoms. The SMILES string of the molecule is CCOC(=O)CN(c1ccc(F)c(Cl)c1)S(=O)(=O)c1cccs1. The zero-order chi connectivity index (χ0) is 17.0. The predicted octanol–water partition coefficient (Wildman–Crippen LogP) is 3.30. The second kappa shape index (κ2) is 7.29. The average molecular weight is 378 g/mol. The van der Waals surface area contributed by atoms with Gasteiger partial charge < -0.3 is 4.74 Å². The third-order valence-electron chi connectivity index (χ3n) is 2.81. The quantitative estimate of drug-likeness (QED) is 0.724. The molecule has 0 aliphatic carbocycles. The first-order valence-corrected chi connectivity index (χ1v) is 9.23. The van der Waals surface area contributed by atoms with Crippen LogP contribution < -0.4 is 4.31 Å². The molecule has 2 aromatic rings. The van der Waals surface area contributed by atoms with Crippen molar-refractivity contribution in [2.75, 3.05) is 17.5 Å². The summed E-state index contributed by atoms with van der Waals surface area (Å²) in [7, 11) is -3.98. The lowest BCUT2D eigenvalue weighted by atomic mass is 10.3. The van der Waals surface area contributed by atoms with Gasteiger partial charge in [0.05, 0.1) is 17.3 Å². The van der Waals surface area contributed by atoms with Crippen LogP contribution in [0.4, 0.5) is 10.1 Å². The second-order valence-corrected chi connectivity index (χ2v) is 7.79. The van der Waals surface area contributed by atoms with E-state index in [9.17, 15) is 17.6 Å². The van der Waals surface area contributed by atoms with Crippen LogP contribution in [0.25, 0.3) is 0 Å². The molecular weight excluding hydrogens is 365 g/mol. The van der Waals surface area contributed by atoms with E-state index in [1.165, 1.54) is 12.1 Å². The highest BCUT2D eigenvalue weighted by atomic mass is 35.5. The van der Waals surface area contributed by atoms with E-state index in [1.807, 2.05) is 0 Å². The Morgan fingerprint density at radius 2 is 2.13 bits per heavy atom. The number of esters is 1. The molecule has 0 unspecified atom stereocenters. The van der Waals surface area contributed by atoms with Gasteiger partial charge in [0.2, 0.25) is 0 Å². The number of carbonyl (C=O) groups is 1. The van der Waals surface area contributed by atoms with Crippen LogP contribution in [0.2, 0.25) is 5.02 Å². The van der Waals surface area contributed by atoms with Crippen molar-refractivity contribution in [3.05, 3.63) is 46.6 Å². The van der Waals surface area contributed by atoms with Gasteiger partial charge in [-0.3, -0.25) is 9.10 Å². The van der Waals surface area contributed by atoms with Gasteiger partial charge in [-0.1, -0.05) is 17.7 Å². The van der Waals surface area contributed by atoms with Crippen molar-refractivity contribution < 1.29 is 22.3 Å². The highest BCUT2D eigenvalue weighted by molar-refractivity contribution is 7.94. The van der Waals surface area contributed by atoms with Crippen LogP contribution >= 0.6 is 22.9 Å². The number of anilines is 1. The molecule has 0 spiro atoms. The lowest BCUT2D eigenvalue weighted by Gasteiger charge is -2.23. The third-order valence-corrected chi connectivity index (χ3v) is 6.25. The molecular formula is C14H13ClFNO4S2. The minimum absolute atomic E-state index is 0.0576. The van der Waals surface area contributed by atoms with E-state index < -0.39 is 28.4 Å². The van der Waals surface area contributed by atoms with Crippen molar-refractivity contribution >= 4 is 44.6 Å². The first kappa shape index (κ1) is 17.7. The standard InChI is InChI=1S/C14H13ClFNO4S2/c1-2-21-13(18)9-17(10-5-6-12(16)11(15)8-10)23(19,20)14-4-3-7-22-14/h3-8H,2,9H2,1H3. The van der Waals surface area contributed by atoms with Gasteiger partial charge in [0.15, 0.2) is 0 Å². The summed E-state index contributed by atoms with van der Waals surface area (Å²) in [4.78, 5) is 11.8. The highest BCUT2D eigenvalue weighted by Gasteiger charge is 2.29. The van der Waals surface area contributed by atoms with Gasteiger partial charge in [0.1, 0.15) is 16.6 Å². The fraction of sp³-hybridized carbons (Fsp3) is 0.214. The summed E-state index contributed by atoms with van der Waals surface area (Å²) in [6.07, 6.45) is 0. The van der Waals surface area contributed by atoms with Gasteiger partial charge in [-0.25, -0.2) is 12.8 Å². The van der Waals surface area contributed by atoms with E-state index in [0.717, 1.165) is 27.8 Å². The van der Waals surface area contributed by atoms with E-state index in [4.69, 9.17) is 16.3 Å². The highest BCUT2D eigenvalue weighted by Crippen LogP contribution is 2.29. The Kier molecular flexibility index (Phi) is 5.61. The summed E-state index contributed by atoms with van der Waals surface area (Å²) in [6, 6.07) is 6.44. The molecule has 124 valence electrons. The van der Waals surface area contributed by atoms with E-state index in [2.05, 4.69) is 0 Å². The molecule has 2 rings (SSSR count). The zero-order valence-electron chi connectivity index (χ0n) is 12.0. The molecule has 0 N–H and O–H groups in total. The van der Waals surface area contributed by atoms with Crippen LogP contribution in [0.1, 0.15) is 6.92 Å². The van der Waals surface area contributed by atoms with Gasteiger partial charge in [0.25, 0.3) is 10.0 Å². The van der Waals surface area contributed by atoms with Crippen molar-refractivity contribution in [3.63, 3.8) is 0 Å². The molecule has 0 fully saturated rings. The normalized spacial score (nSPS) is 11.3. The van der Waals surface area contributed by atoms with Crippen LogP contribution in [0, 0.1) is 5.82 Å². The smallest absolute Gasteiger partial charge is 0.326 e. The molecule has 1 aromatic carbocycles. The average Bonchev–Trinajstić information content (AvgIpc) is 3.03. The number of nitrogens with zero attached hydrogens (tertiary/aromatic N) is 1. The van der Waals surface area contributed by atoms with Crippen molar-refractivity contribution in [3.8, 4) is 0 Å². The van der Waals surface area contributed by atoms with Crippen LogP contribution in [0.15, 0.2) is 39.9 Å². The molecule has 0 saturated carbocycles.